The fraction of sp³-hybridized carbons (Fsp3) is 0.316. The number of esters is 1. The molecule has 0 aromatic heterocycles. The Morgan fingerprint density at radius 2 is 1.92 bits per heavy atom. The summed E-state index contributed by atoms with van der Waals surface area (Å²) >= 11 is 12.3. The Bertz CT molecular complexity index is 736. The third kappa shape index (κ3) is 4.15. The molecule has 2 aromatic rings. The fourth-order valence-corrected chi connectivity index (χ4v) is 3.43. The molecule has 0 radical (unpaired) electrons. The Balaban J connectivity index is 1.87. The van der Waals surface area contributed by atoms with Gasteiger partial charge in [-0.3, -0.25) is 4.90 Å². The molecule has 6 heteroatoms. The van der Waals surface area contributed by atoms with Crippen LogP contribution in [0, 0.1) is 0 Å². The number of ether oxygens (including phenoxy) is 2. The lowest BCUT2D eigenvalue weighted by Crippen LogP contribution is -2.43. The van der Waals surface area contributed by atoms with E-state index in [0.29, 0.717) is 29.7 Å². The van der Waals surface area contributed by atoms with Crippen LogP contribution in [0.15, 0.2) is 48.5 Å². The van der Waals surface area contributed by atoms with Crippen LogP contribution in [0.4, 0.5) is 0 Å². The van der Waals surface area contributed by atoms with Gasteiger partial charge in [-0.05, 0) is 29.3 Å². The number of morpholine rings is 1. The normalized spacial score (nSPS) is 19.4. The zero-order valence-corrected chi connectivity index (χ0v) is 15.3. The number of nitrogens with zero attached hydrogens (tertiary/aromatic N) is 1. The molecule has 3 rings (SSSR count). The summed E-state index contributed by atoms with van der Waals surface area (Å²) in [5.74, 6) is -0.329. The molecule has 1 fully saturated rings. The van der Waals surface area contributed by atoms with E-state index < -0.39 is 6.04 Å². The molecular weight excluding hydrogens is 361 g/mol. The Kier molecular flexibility index (Phi) is 5.97. The van der Waals surface area contributed by atoms with E-state index in [9.17, 15) is 4.79 Å². The third-order valence-electron chi connectivity index (χ3n) is 4.33. The second-order valence-corrected chi connectivity index (χ2v) is 6.70. The summed E-state index contributed by atoms with van der Waals surface area (Å²) in [6, 6.07) is 14.4. The van der Waals surface area contributed by atoms with Crippen LogP contribution in [0.25, 0.3) is 0 Å². The molecule has 132 valence electrons. The van der Waals surface area contributed by atoms with Gasteiger partial charge in [0.15, 0.2) is 0 Å². The van der Waals surface area contributed by atoms with Crippen molar-refractivity contribution in [2.45, 2.75) is 12.1 Å². The lowest BCUT2D eigenvalue weighted by molar-refractivity contribution is -0.150. The van der Waals surface area contributed by atoms with Gasteiger partial charge in [0.05, 0.1) is 19.8 Å². The first kappa shape index (κ1) is 18.2. The van der Waals surface area contributed by atoms with Gasteiger partial charge in [0.1, 0.15) is 6.04 Å². The number of carbonyl (C=O) groups excluding carboxylic acids is 1. The SMILES string of the molecule is COC(=O)C(c1ccccc1Cl)N1CCOC(c2ccc(Cl)cc2)C1. The van der Waals surface area contributed by atoms with E-state index in [0.717, 1.165) is 11.1 Å². The maximum Gasteiger partial charge on any atom is 0.327 e. The summed E-state index contributed by atoms with van der Waals surface area (Å²) in [5.41, 5.74) is 1.77. The van der Waals surface area contributed by atoms with E-state index in [1.165, 1.54) is 7.11 Å². The zero-order valence-electron chi connectivity index (χ0n) is 13.8. The third-order valence-corrected chi connectivity index (χ3v) is 4.93. The summed E-state index contributed by atoms with van der Waals surface area (Å²) in [6.45, 7) is 1.70. The van der Waals surface area contributed by atoms with Crippen molar-refractivity contribution in [2.75, 3.05) is 26.8 Å². The van der Waals surface area contributed by atoms with Crippen LogP contribution >= 0.6 is 23.2 Å². The predicted molar refractivity (Wildman–Crippen MR) is 97.9 cm³/mol. The second kappa shape index (κ2) is 8.19. The molecule has 1 saturated heterocycles. The van der Waals surface area contributed by atoms with E-state index in [1.807, 2.05) is 42.5 Å². The average molecular weight is 380 g/mol. The Hall–Kier alpha value is -1.59. The lowest BCUT2D eigenvalue weighted by atomic mass is 10.0. The van der Waals surface area contributed by atoms with Crippen LogP contribution in [-0.4, -0.2) is 37.7 Å². The highest BCUT2D eigenvalue weighted by atomic mass is 35.5. The number of rotatable bonds is 4. The number of hydrogen-bond acceptors (Lipinski definition) is 4. The number of hydrogen-bond donors (Lipinski definition) is 0. The molecule has 0 amide bonds. The van der Waals surface area contributed by atoms with Crippen molar-refractivity contribution in [3.05, 3.63) is 69.7 Å². The predicted octanol–water partition coefficient (Wildman–Crippen LogP) is 4.28. The molecular formula is C19H19Cl2NO3. The molecule has 1 aliphatic heterocycles. The number of benzene rings is 2. The summed E-state index contributed by atoms with van der Waals surface area (Å²) < 4.78 is 10.9. The highest BCUT2D eigenvalue weighted by Gasteiger charge is 2.34. The van der Waals surface area contributed by atoms with Crippen molar-refractivity contribution < 1.29 is 14.3 Å². The molecule has 0 saturated carbocycles. The minimum absolute atomic E-state index is 0.138. The summed E-state index contributed by atoms with van der Waals surface area (Å²) in [7, 11) is 1.39. The molecule has 25 heavy (non-hydrogen) atoms. The Morgan fingerprint density at radius 3 is 2.60 bits per heavy atom. The minimum atomic E-state index is -0.558. The van der Waals surface area contributed by atoms with Crippen molar-refractivity contribution in [1.82, 2.24) is 4.90 Å². The van der Waals surface area contributed by atoms with Crippen LogP contribution in [0.2, 0.25) is 10.0 Å². The topological polar surface area (TPSA) is 38.8 Å². The van der Waals surface area contributed by atoms with E-state index in [-0.39, 0.29) is 12.1 Å². The van der Waals surface area contributed by atoms with Gasteiger partial charge in [-0.15, -0.1) is 0 Å². The molecule has 0 spiro atoms. The van der Waals surface area contributed by atoms with Crippen LogP contribution < -0.4 is 0 Å². The zero-order chi connectivity index (χ0) is 17.8. The number of methoxy groups -OCH3 is 1. The molecule has 1 aliphatic rings. The van der Waals surface area contributed by atoms with Gasteiger partial charge in [-0.1, -0.05) is 53.5 Å². The van der Waals surface area contributed by atoms with E-state index in [4.69, 9.17) is 32.7 Å². The molecule has 4 nitrogen and oxygen atoms in total. The van der Waals surface area contributed by atoms with Gasteiger partial charge in [0.2, 0.25) is 0 Å². The standard InChI is InChI=1S/C19H19Cl2NO3/c1-24-19(23)18(15-4-2-3-5-16(15)21)22-10-11-25-17(12-22)13-6-8-14(20)9-7-13/h2-9,17-18H,10-12H2,1H3. The molecule has 0 aliphatic carbocycles. The highest BCUT2D eigenvalue weighted by molar-refractivity contribution is 6.31. The van der Waals surface area contributed by atoms with E-state index in [1.54, 1.807) is 6.07 Å². The van der Waals surface area contributed by atoms with Crippen LogP contribution in [-0.2, 0) is 14.3 Å². The van der Waals surface area contributed by atoms with Crippen LogP contribution in [0.1, 0.15) is 23.3 Å². The van der Waals surface area contributed by atoms with Crippen molar-refractivity contribution >= 4 is 29.2 Å². The minimum Gasteiger partial charge on any atom is -0.468 e. The van der Waals surface area contributed by atoms with Crippen molar-refractivity contribution in [3.63, 3.8) is 0 Å². The van der Waals surface area contributed by atoms with Gasteiger partial charge in [0, 0.05) is 23.1 Å². The van der Waals surface area contributed by atoms with Gasteiger partial charge >= 0.3 is 5.97 Å². The first-order chi connectivity index (χ1) is 12.1. The molecule has 2 aromatic carbocycles. The highest BCUT2D eigenvalue weighted by Crippen LogP contribution is 2.33. The van der Waals surface area contributed by atoms with Gasteiger partial charge in [-0.25, -0.2) is 4.79 Å². The average Bonchev–Trinajstić information content (AvgIpc) is 2.64. The van der Waals surface area contributed by atoms with Crippen molar-refractivity contribution in [1.29, 1.82) is 0 Å². The molecule has 0 bridgehead atoms. The number of halogens is 2. The molecule has 0 N–H and O–H groups in total. The van der Waals surface area contributed by atoms with Crippen LogP contribution in [0.5, 0.6) is 0 Å². The molecule has 1 heterocycles. The first-order valence-corrected chi connectivity index (χ1v) is 8.79. The van der Waals surface area contributed by atoms with E-state index in [2.05, 4.69) is 4.90 Å². The second-order valence-electron chi connectivity index (χ2n) is 5.85. The largest absolute Gasteiger partial charge is 0.468 e. The molecule has 2 atom stereocenters. The monoisotopic (exact) mass is 379 g/mol. The Morgan fingerprint density at radius 1 is 1.20 bits per heavy atom. The maximum absolute atomic E-state index is 12.5. The van der Waals surface area contributed by atoms with Crippen molar-refractivity contribution in [2.24, 2.45) is 0 Å². The summed E-state index contributed by atoms with van der Waals surface area (Å²) in [4.78, 5) is 14.5. The summed E-state index contributed by atoms with van der Waals surface area (Å²) in [5, 5.41) is 1.23. The smallest absolute Gasteiger partial charge is 0.327 e. The lowest BCUT2D eigenvalue weighted by Gasteiger charge is -2.37. The maximum atomic E-state index is 12.5. The quantitative estimate of drug-likeness (QED) is 0.743. The molecule has 2 unspecified atom stereocenters. The number of carbonyl (C=O) groups is 1. The van der Waals surface area contributed by atoms with Gasteiger partial charge in [-0.2, -0.15) is 0 Å². The first-order valence-electron chi connectivity index (χ1n) is 8.03. The van der Waals surface area contributed by atoms with Gasteiger partial charge < -0.3 is 9.47 Å². The van der Waals surface area contributed by atoms with Crippen molar-refractivity contribution in [3.8, 4) is 0 Å². The summed E-state index contributed by atoms with van der Waals surface area (Å²) in [6.07, 6.45) is -0.138. The van der Waals surface area contributed by atoms with Crippen LogP contribution in [0.3, 0.4) is 0 Å². The van der Waals surface area contributed by atoms with E-state index >= 15 is 0 Å². The fourth-order valence-electron chi connectivity index (χ4n) is 3.06. The van der Waals surface area contributed by atoms with Gasteiger partial charge in [0.25, 0.3) is 0 Å². The Labute approximate surface area is 157 Å².